The van der Waals surface area contributed by atoms with Gasteiger partial charge in [-0.2, -0.15) is 5.10 Å². The molecule has 2 N–H and O–H groups in total. The first-order chi connectivity index (χ1) is 21.7. The highest BCUT2D eigenvalue weighted by Crippen LogP contribution is 2.28. The lowest BCUT2D eigenvalue weighted by atomic mass is 10.1. The molecular formula is C35H31Cl2FN4O3. The number of hydrogen-bond acceptors (Lipinski definition) is 4. The highest BCUT2D eigenvalue weighted by molar-refractivity contribution is 6.35. The predicted octanol–water partition coefficient (Wildman–Crippen LogP) is 7.09. The van der Waals surface area contributed by atoms with E-state index in [0.717, 1.165) is 33.3 Å². The molecule has 0 aliphatic carbocycles. The van der Waals surface area contributed by atoms with Crippen LogP contribution in [0.15, 0.2) is 102 Å². The molecule has 0 unspecified atom stereocenters. The van der Waals surface area contributed by atoms with E-state index in [4.69, 9.17) is 27.9 Å². The maximum absolute atomic E-state index is 13.5. The minimum Gasteiger partial charge on any atom is -0.479 e. The average Bonchev–Trinajstić information content (AvgIpc) is 3.29. The number of rotatable bonds is 11. The summed E-state index contributed by atoms with van der Waals surface area (Å²) in [5, 5.41) is 8.74. The van der Waals surface area contributed by atoms with Crippen LogP contribution in [0.5, 0.6) is 5.75 Å². The standard InChI is InChI=1S/C35H31Cl2FN4O3/c1-22-29(28-10-6-7-11-32(28)42(22)21-25-12-15-27(38)16-13-25)20-39-41-35(44)31(18-24-8-4-3-5-9-24)40-34(43)23(2)45-33-17-14-26(36)19-30(33)37/h3-17,19-20,23,31H,18,21H2,1-2H3,(H,40,43)(H,41,44)/b39-20-/t23-,31-/m1/s1. The Kier molecular flexibility index (Phi) is 10.2. The summed E-state index contributed by atoms with van der Waals surface area (Å²) in [7, 11) is 0. The van der Waals surface area contributed by atoms with Gasteiger partial charge >= 0.3 is 0 Å². The molecule has 2 atom stereocenters. The summed E-state index contributed by atoms with van der Waals surface area (Å²) in [6.07, 6.45) is 0.887. The van der Waals surface area contributed by atoms with E-state index in [1.807, 2.05) is 61.5 Å². The second-order valence-electron chi connectivity index (χ2n) is 10.5. The summed E-state index contributed by atoms with van der Waals surface area (Å²) >= 11 is 12.2. The largest absolute Gasteiger partial charge is 0.479 e. The normalized spacial score (nSPS) is 12.6. The van der Waals surface area contributed by atoms with Crippen molar-refractivity contribution in [3.05, 3.63) is 135 Å². The van der Waals surface area contributed by atoms with E-state index in [9.17, 15) is 14.0 Å². The fraction of sp³-hybridized carbons (Fsp3) is 0.171. The van der Waals surface area contributed by atoms with Gasteiger partial charge in [-0.25, -0.2) is 9.82 Å². The smallest absolute Gasteiger partial charge is 0.262 e. The number of nitrogens with one attached hydrogen (secondary N) is 2. The number of carbonyl (C=O) groups excluding carboxylic acids is 2. The number of hydrogen-bond donors (Lipinski definition) is 2. The summed E-state index contributed by atoms with van der Waals surface area (Å²) < 4.78 is 21.3. The molecule has 230 valence electrons. The van der Waals surface area contributed by atoms with Crippen LogP contribution in [0.1, 0.15) is 29.3 Å². The Hall–Kier alpha value is -4.66. The van der Waals surface area contributed by atoms with Gasteiger partial charge in [0.25, 0.3) is 11.8 Å². The van der Waals surface area contributed by atoms with Crippen molar-refractivity contribution in [1.82, 2.24) is 15.3 Å². The third-order valence-electron chi connectivity index (χ3n) is 7.38. The summed E-state index contributed by atoms with van der Waals surface area (Å²) in [4.78, 5) is 26.6. The van der Waals surface area contributed by atoms with Crippen LogP contribution >= 0.6 is 23.2 Å². The highest BCUT2D eigenvalue weighted by atomic mass is 35.5. The van der Waals surface area contributed by atoms with E-state index in [2.05, 4.69) is 20.4 Å². The molecule has 4 aromatic carbocycles. The number of hydrazone groups is 1. The Morgan fingerprint density at radius 3 is 2.38 bits per heavy atom. The molecule has 0 saturated carbocycles. The third kappa shape index (κ3) is 7.90. The van der Waals surface area contributed by atoms with Crippen LogP contribution in [0.4, 0.5) is 4.39 Å². The number of halogens is 3. The van der Waals surface area contributed by atoms with Crippen LogP contribution in [-0.4, -0.2) is 34.7 Å². The predicted molar refractivity (Wildman–Crippen MR) is 177 cm³/mol. The lowest BCUT2D eigenvalue weighted by Crippen LogP contribution is -2.50. The summed E-state index contributed by atoms with van der Waals surface area (Å²) in [5.41, 5.74) is 7.16. The van der Waals surface area contributed by atoms with Crippen LogP contribution in [0.3, 0.4) is 0 Å². The van der Waals surface area contributed by atoms with Gasteiger partial charge in [0.1, 0.15) is 17.6 Å². The van der Waals surface area contributed by atoms with Gasteiger partial charge in [-0.15, -0.1) is 0 Å². The van der Waals surface area contributed by atoms with Crippen LogP contribution in [-0.2, 0) is 22.6 Å². The molecular weight excluding hydrogens is 614 g/mol. The highest BCUT2D eigenvalue weighted by Gasteiger charge is 2.25. The number of carbonyl (C=O) groups is 2. The molecule has 0 fully saturated rings. The zero-order valence-electron chi connectivity index (χ0n) is 24.6. The zero-order chi connectivity index (χ0) is 31.9. The quantitative estimate of drug-likeness (QED) is 0.119. The number of amides is 2. The molecule has 7 nitrogen and oxygen atoms in total. The number of fused-ring (bicyclic) bond motifs is 1. The van der Waals surface area contributed by atoms with E-state index in [0.29, 0.717) is 17.3 Å². The van der Waals surface area contributed by atoms with Crippen molar-refractivity contribution in [3.63, 3.8) is 0 Å². The second kappa shape index (κ2) is 14.4. The van der Waals surface area contributed by atoms with Gasteiger partial charge in [0.2, 0.25) is 0 Å². The second-order valence-corrected chi connectivity index (χ2v) is 11.4. The van der Waals surface area contributed by atoms with E-state index < -0.39 is 24.0 Å². The molecule has 1 aromatic heterocycles. The number of ether oxygens (including phenoxy) is 1. The molecule has 0 bridgehead atoms. The SMILES string of the molecule is Cc1c(/C=N\NC(=O)[C@@H](Cc2ccccc2)NC(=O)[C@@H](C)Oc2ccc(Cl)cc2Cl)c2ccccc2n1Cc1ccc(F)cc1. The van der Waals surface area contributed by atoms with Gasteiger partial charge in [-0.05, 0) is 61.4 Å². The molecule has 0 aliphatic heterocycles. The first-order valence-corrected chi connectivity index (χ1v) is 15.1. The lowest BCUT2D eigenvalue weighted by Gasteiger charge is -2.21. The van der Waals surface area contributed by atoms with E-state index in [1.165, 1.54) is 18.2 Å². The van der Waals surface area contributed by atoms with Crippen LogP contribution in [0, 0.1) is 12.7 Å². The monoisotopic (exact) mass is 644 g/mol. The maximum Gasteiger partial charge on any atom is 0.262 e. The van der Waals surface area contributed by atoms with E-state index in [1.54, 1.807) is 37.4 Å². The number of benzene rings is 4. The molecule has 10 heteroatoms. The summed E-state index contributed by atoms with van der Waals surface area (Å²) in [5.74, 6) is -0.980. The number of nitrogens with zero attached hydrogens (tertiary/aromatic N) is 2. The first-order valence-electron chi connectivity index (χ1n) is 14.3. The van der Waals surface area contributed by atoms with Crippen LogP contribution in [0.2, 0.25) is 10.0 Å². The molecule has 0 saturated heterocycles. The molecule has 5 rings (SSSR count). The van der Waals surface area contributed by atoms with Gasteiger partial charge < -0.3 is 14.6 Å². The Bertz CT molecular complexity index is 1840. The zero-order valence-corrected chi connectivity index (χ0v) is 26.1. The number of para-hydroxylation sites is 1. The Morgan fingerprint density at radius 1 is 0.933 bits per heavy atom. The van der Waals surface area contributed by atoms with Crippen LogP contribution in [0.25, 0.3) is 10.9 Å². The third-order valence-corrected chi connectivity index (χ3v) is 7.92. The first kappa shape index (κ1) is 31.8. The van der Waals surface area contributed by atoms with Gasteiger partial charge in [-0.3, -0.25) is 9.59 Å². The van der Waals surface area contributed by atoms with Crippen molar-refractivity contribution in [2.45, 2.75) is 39.0 Å². The average molecular weight is 646 g/mol. The molecule has 2 amide bonds. The maximum atomic E-state index is 13.5. The van der Waals surface area contributed by atoms with E-state index in [-0.39, 0.29) is 17.3 Å². The van der Waals surface area contributed by atoms with Gasteiger partial charge in [0.15, 0.2) is 6.10 Å². The van der Waals surface area contributed by atoms with Crippen molar-refractivity contribution in [3.8, 4) is 5.75 Å². The summed E-state index contributed by atoms with van der Waals surface area (Å²) in [6.45, 7) is 4.08. The minimum atomic E-state index is -0.951. The van der Waals surface area contributed by atoms with Gasteiger partial charge in [0, 0.05) is 40.1 Å². The van der Waals surface area contributed by atoms with Gasteiger partial charge in [0.05, 0.1) is 11.2 Å². The molecule has 0 radical (unpaired) electrons. The Morgan fingerprint density at radius 2 is 1.64 bits per heavy atom. The van der Waals surface area contributed by atoms with Crippen molar-refractivity contribution < 1.29 is 18.7 Å². The number of aromatic nitrogens is 1. The Labute approximate surface area is 270 Å². The van der Waals surface area contributed by atoms with Gasteiger partial charge in [-0.1, -0.05) is 83.9 Å². The molecule has 5 aromatic rings. The van der Waals surface area contributed by atoms with Crippen molar-refractivity contribution >= 4 is 52.1 Å². The molecule has 45 heavy (non-hydrogen) atoms. The fourth-order valence-electron chi connectivity index (χ4n) is 5.00. The van der Waals surface area contributed by atoms with Crippen molar-refractivity contribution in [2.75, 3.05) is 0 Å². The Balaban J connectivity index is 1.33. The van der Waals surface area contributed by atoms with Crippen molar-refractivity contribution in [1.29, 1.82) is 0 Å². The fourth-order valence-corrected chi connectivity index (χ4v) is 5.45. The van der Waals surface area contributed by atoms with Crippen LogP contribution < -0.4 is 15.5 Å². The van der Waals surface area contributed by atoms with E-state index >= 15 is 0 Å². The molecule has 1 heterocycles. The molecule has 0 aliphatic rings. The lowest BCUT2D eigenvalue weighted by molar-refractivity contribution is -0.132. The minimum absolute atomic E-state index is 0.234. The topological polar surface area (TPSA) is 84.7 Å². The van der Waals surface area contributed by atoms with Crippen molar-refractivity contribution in [2.24, 2.45) is 5.10 Å². The summed E-state index contributed by atoms with van der Waals surface area (Å²) in [6, 6.07) is 27.4. The molecule has 0 spiro atoms.